The van der Waals surface area contributed by atoms with Crippen molar-refractivity contribution in [1.82, 2.24) is 4.90 Å². The van der Waals surface area contributed by atoms with Gasteiger partial charge in [0.1, 0.15) is 0 Å². The molecule has 0 spiro atoms. The molecule has 2 aromatic rings. The molecule has 1 amide bonds. The van der Waals surface area contributed by atoms with Gasteiger partial charge in [-0.25, -0.2) is 0 Å². The first kappa shape index (κ1) is 17.5. The highest BCUT2D eigenvalue weighted by molar-refractivity contribution is 6.07. The zero-order chi connectivity index (χ0) is 16.5. The van der Waals surface area contributed by atoms with Crippen LogP contribution in [0.15, 0.2) is 42.5 Å². The molecule has 2 nitrogen and oxygen atoms in total. The summed E-state index contributed by atoms with van der Waals surface area (Å²) in [6.07, 6.45) is 6.99. The minimum Gasteiger partial charge on any atom is -0.339 e. The van der Waals surface area contributed by atoms with Crippen molar-refractivity contribution in [2.45, 2.75) is 52.4 Å². The molecule has 23 heavy (non-hydrogen) atoms. The lowest BCUT2D eigenvalue weighted by molar-refractivity contribution is 0.0752. The highest BCUT2D eigenvalue weighted by atomic mass is 16.2. The third-order valence-corrected chi connectivity index (χ3v) is 4.37. The molecular formula is C21H29NO. The summed E-state index contributed by atoms with van der Waals surface area (Å²) in [5, 5.41) is 2.20. The molecule has 0 atom stereocenters. The molecule has 0 radical (unpaired) electrons. The lowest BCUT2D eigenvalue weighted by atomic mass is 10.0. The fraction of sp³-hybridized carbons (Fsp3) is 0.476. The molecule has 0 saturated heterocycles. The van der Waals surface area contributed by atoms with Crippen LogP contribution >= 0.6 is 0 Å². The molecule has 2 rings (SSSR count). The Balaban J connectivity index is 2.17. The van der Waals surface area contributed by atoms with Crippen molar-refractivity contribution in [1.29, 1.82) is 0 Å². The molecule has 0 N–H and O–H groups in total. The van der Waals surface area contributed by atoms with Crippen molar-refractivity contribution in [3.8, 4) is 0 Å². The van der Waals surface area contributed by atoms with Gasteiger partial charge in [0.05, 0.1) is 0 Å². The second-order valence-corrected chi connectivity index (χ2v) is 6.23. The van der Waals surface area contributed by atoms with E-state index in [2.05, 4.69) is 36.9 Å². The number of benzene rings is 2. The topological polar surface area (TPSA) is 20.3 Å². The predicted molar refractivity (Wildman–Crippen MR) is 98.9 cm³/mol. The van der Waals surface area contributed by atoms with Crippen LogP contribution in [0.3, 0.4) is 0 Å². The number of amides is 1. The molecular weight excluding hydrogens is 282 g/mol. The molecule has 0 aromatic heterocycles. The summed E-state index contributed by atoms with van der Waals surface area (Å²) in [4.78, 5) is 15.1. The van der Waals surface area contributed by atoms with Gasteiger partial charge in [-0.1, -0.05) is 75.9 Å². The summed E-state index contributed by atoms with van der Waals surface area (Å²) >= 11 is 0. The van der Waals surface area contributed by atoms with E-state index in [9.17, 15) is 4.79 Å². The lowest BCUT2D eigenvalue weighted by Gasteiger charge is -2.23. The van der Waals surface area contributed by atoms with Gasteiger partial charge in [0.15, 0.2) is 0 Å². The van der Waals surface area contributed by atoms with Crippen LogP contribution in [-0.2, 0) is 0 Å². The zero-order valence-corrected chi connectivity index (χ0v) is 14.6. The van der Waals surface area contributed by atoms with Crippen LogP contribution in [0, 0.1) is 0 Å². The molecule has 0 bridgehead atoms. The van der Waals surface area contributed by atoms with Gasteiger partial charge in [-0.3, -0.25) is 4.79 Å². The van der Waals surface area contributed by atoms with Crippen molar-refractivity contribution in [3.05, 3.63) is 48.0 Å². The Labute approximate surface area is 140 Å². The molecule has 0 saturated carbocycles. The maximum absolute atomic E-state index is 13.1. The fourth-order valence-electron chi connectivity index (χ4n) is 2.98. The first-order valence-corrected chi connectivity index (χ1v) is 9.05. The summed E-state index contributed by atoms with van der Waals surface area (Å²) in [5.41, 5.74) is 0.842. The molecule has 0 unspecified atom stereocenters. The van der Waals surface area contributed by atoms with E-state index in [0.717, 1.165) is 48.7 Å². The summed E-state index contributed by atoms with van der Waals surface area (Å²) in [5.74, 6) is 0.187. The van der Waals surface area contributed by atoms with Crippen molar-refractivity contribution in [2.75, 3.05) is 13.1 Å². The molecule has 124 valence electrons. The van der Waals surface area contributed by atoms with Gasteiger partial charge in [-0.05, 0) is 29.7 Å². The normalized spacial score (nSPS) is 10.9. The maximum atomic E-state index is 13.1. The Hall–Kier alpha value is -1.83. The second kappa shape index (κ2) is 9.34. The van der Waals surface area contributed by atoms with Gasteiger partial charge in [-0.15, -0.1) is 0 Å². The van der Waals surface area contributed by atoms with Crippen molar-refractivity contribution < 1.29 is 4.79 Å². The Morgan fingerprint density at radius 2 is 1.52 bits per heavy atom. The number of hydrogen-bond donors (Lipinski definition) is 0. The largest absolute Gasteiger partial charge is 0.339 e. The number of rotatable bonds is 9. The Morgan fingerprint density at radius 1 is 0.826 bits per heavy atom. The van der Waals surface area contributed by atoms with Crippen LogP contribution in [-0.4, -0.2) is 23.9 Å². The van der Waals surface area contributed by atoms with Crippen molar-refractivity contribution in [2.24, 2.45) is 0 Å². The average molecular weight is 311 g/mol. The summed E-state index contributed by atoms with van der Waals surface area (Å²) in [6.45, 7) is 6.14. The molecule has 0 aliphatic heterocycles. The van der Waals surface area contributed by atoms with Crippen LogP contribution in [0.25, 0.3) is 10.8 Å². The Bertz CT molecular complexity index is 615. The van der Waals surface area contributed by atoms with Crippen LogP contribution < -0.4 is 0 Å². The second-order valence-electron chi connectivity index (χ2n) is 6.23. The molecule has 2 heteroatoms. The summed E-state index contributed by atoms with van der Waals surface area (Å²) in [7, 11) is 0. The molecule has 0 aliphatic rings. The number of hydrogen-bond acceptors (Lipinski definition) is 1. The number of fused-ring (bicyclic) bond motifs is 1. The minimum atomic E-state index is 0.187. The molecule has 0 aliphatic carbocycles. The zero-order valence-electron chi connectivity index (χ0n) is 14.6. The van der Waals surface area contributed by atoms with Crippen LogP contribution in [0.1, 0.15) is 62.7 Å². The Kier molecular flexibility index (Phi) is 7.12. The summed E-state index contributed by atoms with van der Waals surface area (Å²) < 4.78 is 0. The number of carbonyl (C=O) groups is 1. The Morgan fingerprint density at radius 3 is 2.30 bits per heavy atom. The lowest BCUT2D eigenvalue weighted by Crippen LogP contribution is -2.33. The third kappa shape index (κ3) is 4.82. The van der Waals surface area contributed by atoms with Gasteiger partial charge in [0, 0.05) is 18.7 Å². The van der Waals surface area contributed by atoms with E-state index >= 15 is 0 Å². The quantitative estimate of drug-likeness (QED) is 0.547. The summed E-state index contributed by atoms with van der Waals surface area (Å²) in [6, 6.07) is 14.2. The maximum Gasteiger partial charge on any atom is 0.254 e. The highest BCUT2D eigenvalue weighted by Crippen LogP contribution is 2.20. The van der Waals surface area contributed by atoms with E-state index in [-0.39, 0.29) is 5.91 Å². The smallest absolute Gasteiger partial charge is 0.254 e. The fourth-order valence-corrected chi connectivity index (χ4v) is 2.98. The van der Waals surface area contributed by atoms with Crippen LogP contribution in [0.5, 0.6) is 0 Å². The van der Waals surface area contributed by atoms with Gasteiger partial charge < -0.3 is 4.90 Å². The standard InChI is InChI=1S/C21H29NO/c1-3-5-7-10-17-22(16-6-4-2)21(23)20-15-11-13-18-12-8-9-14-19(18)20/h8-9,11-15H,3-7,10,16-17H2,1-2H3. The minimum absolute atomic E-state index is 0.187. The first-order chi connectivity index (χ1) is 11.3. The van der Waals surface area contributed by atoms with Gasteiger partial charge >= 0.3 is 0 Å². The van der Waals surface area contributed by atoms with E-state index in [4.69, 9.17) is 0 Å². The molecule has 0 heterocycles. The van der Waals surface area contributed by atoms with Gasteiger partial charge in [-0.2, -0.15) is 0 Å². The SMILES string of the molecule is CCCCCCN(CCCC)C(=O)c1cccc2ccccc12. The van der Waals surface area contributed by atoms with Crippen molar-refractivity contribution >= 4 is 16.7 Å². The van der Waals surface area contributed by atoms with E-state index < -0.39 is 0 Å². The number of nitrogens with zero attached hydrogens (tertiary/aromatic N) is 1. The average Bonchev–Trinajstić information content (AvgIpc) is 2.60. The van der Waals surface area contributed by atoms with E-state index in [1.54, 1.807) is 0 Å². The van der Waals surface area contributed by atoms with Gasteiger partial charge in [0.2, 0.25) is 0 Å². The van der Waals surface area contributed by atoms with Crippen molar-refractivity contribution in [3.63, 3.8) is 0 Å². The van der Waals surface area contributed by atoms with E-state index in [0.29, 0.717) is 0 Å². The van der Waals surface area contributed by atoms with Crippen LogP contribution in [0.4, 0.5) is 0 Å². The van der Waals surface area contributed by atoms with Gasteiger partial charge in [0.25, 0.3) is 5.91 Å². The number of unbranched alkanes of at least 4 members (excludes halogenated alkanes) is 4. The third-order valence-electron chi connectivity index (χ3n) is 4.37. The number of carbonyl (C=O) groups excluding carboxylic acids is 1. The van der Waals surface area contributed by atoms with E-state index in [1.807, 2.05) is 24.3 Å². The first-order valence-electron chi connectivity index (χ1n) is 9.05. The highest BCUT2D eigenvalue weighted by Gasteiger charge is 2.17. The van der Waals surface area contributed by atoms with E-state index in [1.165, 1.54) is 19.3 Å². The van der Waals surface area contributed by atoms with Crippen LogP contribution in [0.2, 0.25) is 0 Å². The molecule has 2 aromatic carbocycles. The predicted octanol–water partition coefficient (Wildman–Crippen LogP) is 5.66. The monoisotopic (exact) mass is 311 g/mol. The molecule has 0 fully saturated rings.